The molecule has 6 rings (SSSR count). The minimum Gasteiger partial charge on any atom is -0.439 e. The number of piperidine rings is 1. The molecule has 2 amide bonds. The van der Waals surface area contributed by atoms with E-state index in [-0.39, 0.29) is 37.1 Å². The number of benzene rings is 3. The minimum atomic E-state index is -4.20. The number of ether oxygens (including phenoxy) is 1. The van der Waals surface area contributed by atoms with E-state index < -0.39 is 54.8 Å². The van der Waals surface area contributed by atoms with Crippen molar-refractivity contribution < 1.29 is 32.5 Å². The second-order valence-corrected chi connectivity index (χ2v) is 12.2. The molecule has 42 heavy (non-hydrogen) atoms. The van der Waals surface area contributed by atoms with Gasteiger partial charge in [-0.1, -0.05) is 54.1 Å². The number of sulfonamides is 1. The van der Waals surface area contributed by atoms with Gasteiger partial charge in [-0.25, -0.2) is 13.3 Å². The maximum atomic E-state index is 14.4. The third kappa shape index (κ3) is 3.97. The summed E-state index contributed by atoms with van der Waals surface area (Å²) in [5.74, 6) is -2.72. The number of hydrogen-bond donors (Lipinski definition) is 0. The van der Waals surface area contributed by atoms with Crippen molar-refractivity contribution in [2.24, 2.45) is 5.92 Å². The van der Waals surface area contributed by atoms with Crippen LogP contribution >= 0.6 is 0 Å². The van der Waals surface area contributed by atoms with Crippen LogP contribution in [0, 0.1) is 16.0 Å². The van der Waals surface area contributed by atoms with Crippen molar-refractivity contribution in [2.45, 2.75) is 30.3 Å². The predicted molar refractivity (Wildman–Crippen MR) is 150 cm³/mol. The number of nitro benzene ring substituents is 1. The minimum absolute atomic E-state index is 0.0264. The molecule has 0 unspecified atom stereocenters. The first kappa shape index (κ1) is 27.5. The molecule has 2 saturated heterocycles. The highest BCUT2D eigenvalue weighted by atomic mass is 32.2. The molecule has 3 aliphatic heterocycles. The van der Waals surface area contributed by atoms with Gasteiger partial charge >= 0.3 is 5.97 Å². The highest BCUT2D eigenvalue weighted by molar-refractivity contribution is 7.89. The zero-order valence-electron chi connectivity index (χ0n) is 22.4. The molecule has 1 spiro atoms. The standard InChI is InChI=1S/C30H25N3O8S/c1-19-26(20-15-17-31(18-16-20)42(39,40)25-14-8-7-13-24(25)33(37)38)30(41-28(19)35)23-12-6-5-11-22(23)27(34)32(29(30)36)21-9-3-2-4-10-21/h2-14,19H,15-18H2,1H3/t19-,30-/m0/s1. The molecule has 2 atom stereocenters. The van der Waals surface area contributed by atoms with Gasteiger partial charge in [-0.15, -0.1) is 0 Å². The van der Waals surface area contributed by atoms with Crippen LogP contribution in [0.25, 0.3) is 0 Å². The Kier molecular flexibility index (Phi) is 6.54. The van der Waals surface area contributed by atoms with Crippen molar-refractivity contribution in [3.63, 3.8) is 0 Å². The number of rotatable bonds is 4. The van der Waals surface area contributed by atoms with E-state index in [9.17, 15) is 32.9 Å². The molecule has 3 heterocycles. The van der Waals surface area contributed by atoms with Gasteiger partial charge in [-0.2, -0.15) is 4.31 Å². The fourth-order valence-electron chi connectivity index (χ4n) is 6.14. The first-order valence-electron chi connectivity index (χ1n) is 13.3. The molecular formula is C30H25N3O8S. The Labute approximate surface area is 241 Å². The fourth-order valence-corrected chi connectivity index (χ4v) is 7.73. The van der Waals surface area contributed by atoms with E-state index in [1.807, 2.05) is 0 Å². The summed E-state index contributed by atoms with van der Waals surface area (Å²) in [4.78, 5) is 52.6. The first-order chi connectivity index (χ1) is 20.1. The van der Waals surface area contributed by atoms with E-state index in [1.165, 1.54) is 22.5 Å². The van der Waals surface area contributed by atoms with Crippen LogP contribution < -0.4 is 4.90 Å². The third-order valence-electron chi connectivity index (χ3n) is 8.06. The Hall–Kier alpha value is -4.68. The van der Waals surface area contributed by atoms with Gasteiger partial charge in [0.05, 0.1) is 16.5 Å². The Balaban J connectivity index is 1.44. The van der Waals surface area contributed by atoms with Crippen LogP contribution in [-0.4, -0.2) is 48.5 Å². The summed E-state index contributed by atoms with van der Waals surface area (Å²) < 4.78 is 34.0. The second kappa shape index (κ2) is 10.00. The molecule has 0 aromatic heterocycles. The lowest BCUT2D eigenvalue weighted by Crippen LogP contribution is -2.56. The first-order valence-corrected chi connectivity index (χ1v) is 14.7. The summed E-state index contributed by atoms with van der Waals surface area (Å²) in [6, 6.07) is 20.1. The number of carbonyl (C=O) groups excluding carboxylic acids is 3. The lowest BCUT2D eigenvalue weighted by molar-refractivity contribution is -0.387. The average Bonchev–Trinajstić information content (AvgIpc) is 3.27. The summed E-state index contributed by atoms with van der Waals surface area (Å²) in [5.41, 5.74) is -0.523. The number of hydrogen-bond acceptors (Lipinski definition) is 8. The zero-order valence-corrected chi connectivity index (χ0v) is 23.2. The third-order valence-corrected chi connectivity index (χ3v) is 10.0. The number of amides is 2. The number of fused-ring (bicyclic) bond motifs is 2. The van der Waals surface area contributed by atoms with Crippen LogP contribution in [0.1, 0.15) is 35.7 Å². The molecule has 3 aromatic carbocycles. The number of imide groups is 1. The van der Waals surface area contributed by atoms with Crippen molar-refractivity contribution in [1.29, 1.82) is 0 Å². The summed E-state index contributed by atoms with van der Waals surface area (Å²) in [6.45, 7) is 1.58. The zero-order chi connectivity index (χ0) is 29.8. The van der Waals surface area contributed by atoms with E-state index in [0.717, 1.165) is 11.0 Å². The molecule has 12 heteroatoms. The van der Waals surface area contributed by atoms with Gasteiger partial charge in [0.25, 0.3) is 17.5 Å². The molecule has 3 aromatic rings. The van der Waals surface area contributed by atoms with Crippen molar-refractivity contribution in [3.05, 3.63) is 111 Å². The number of carbonyl (C=O) groups is 3. The Morgan fingerprint density at radius 2 is 1.52 bits per heavy atom. The van der Waals surface area contributed by atoms with E-state index in [2.05, 4.69) is 0 Å². The lowest BCUT2D eigenvalue weighted by atomic mass is 9.73. The van der Waals surface area contributed by atoms with Crippen molar-refractivity contribution in [2.75, 3.05) is 18.0 Å². The molecular weight excluding hydrogens is 562 g/mol. The number of nitro groups is 1. The Morgan fingerprint density at radius 1 is 0.905 bits per heavy atom. The van der Waals surface area contributed by atoms with Crippen LogP contribution in [-0.2, 0) is 30.0 Å². The van der Waals surface area contributed by atoms with Gasteiger partial charge < -0.3 is 4.74 Å². The van der Waals surface area contributed by atoms with Crippen LogP contribution in [0.15, 0.2) is 94.9 Å². The van der Waals surface area contributed by atoms with E-state index in [1.54, 1.807) is 61.5 Å². The van der Waals surface area contributed by atoms with Crippen LogP contribution in [0.2, 0.25) is 0 Å². The van der Waals surface area contributed by atoms with Crippen LogP contribution in [0.4, 0.5) is 11.4 Å². The molecule has 0 N–H and O–H groups in total. The maximum absolute atomic E-state index is 14.4. The predicted octanol–water partition coefficient (Wildman–Crippen LogP) is 3.95. The van der Waals surface area contributed by atoms with Crippen LogP contribution in [0.5, 0.6) is 0 Å². The smallest absolute Gasteiger partial charge is 0.314 e. The van der Waals surface area contributed by atoms with Gasteiger partial charge in [0, 0.05) is 35.9 Å². The number of para-hydroxylation sites is 2. The lowest BCUT2D eigenvalue weighted by Gasteiger charge is -2.40. The van der Waals surface area contributed by atoms with E-state index in [0.29, 0.717) is 16.8 Å². The fraction of sp³-hybridized carbons (Fsp3) is 0.233. The summed E-state index contributed by atoms with van der Waals surface area (Å²) >= 11 is 0. The molecule has 0 saturated carbocycles. The van der Waals surface area contributed by atoms with Gasteiger partial charge in [0.2, 0.25) is 15.6 Å². The molecule has 0 bridgehead atoms. The second-order valence-electron chi connectivity index (χ2n) is 10.3. The molecule has 0 aliphatic carbocycles. The molecule has 3 aliphatic rings. The largest absolute Gasteiger partial charge is 0.439 e. The van der Waals surface area contributed by atoms with Crippen molar-refractivity contribution in [3.8, 4) is 0 Å². The van der Waals surface area contributed by atoms with Crippen LogP contribution in [0.3, 0.4) is 0 Å². The normalized spacial score (nSPS) is 22.8. The number of esters is 1. The topological polar surface area (TPSA) is 144 Å². The highest BCUT2D eigenvalue weighted by Gasteiger charge is 2.63. The SMILES string of the molecule is C[C@@H]1C(=O)O[C@]2(C(=O)N(c3ccccc3)C(=O)c3ccccc32)C1=C1CCN(S(=O)(=O)c2ccccc2[N+](=O)[O-])CC1. The van der Waals surface area contributed by atoms with Gasteiger partial charge in [0.1, 0.15) is 0 Å². The monoisotopic (exact) mass is 587 g/mol. The molecule has 11 nitrogen and oxygen atoms in total. The summed E-state index contributed by atoms with van der Waals surface area (Å²) in [5, 5.41) is 11.5. The quantitative estimate of drug-likeness (QED) is 0.147. The Morgan fingerprint density at radius 3 is 2.21 bits per heavy atom. The highest BCUT2D eigenvalue weighted by Crippen LogP contribution is 2.52. The number of nitrogens with zero attached hydrogens (tertiary/aromatic N) is 3. The average molecular weight is 588 g/mol. The molecule has 2 fully saturated rings. The maximum Gasteiger partial charge on any atom is 0.314 e. The van der Waals surface area contributed by atoms with E-state index in [4.69, 9.17) is 4.74 Å². The van der Waals surface area contributed by atoms with Crippen molar-refractivity contribution in [1.82, 2.24) is 4.31 Å². The van der Waals surface area contributed by atoms with Gasteiger partial charge in [-0.05, 0) is 44.0 Å². The molecule has 0 radical (unpaired) electrons. The van der Waals surface area contributed by atoms with Crippen molar-refractivity contribution >= 4 is 39.2 Å². The number of anilines is 1. The molecule has 214 valence electrons. The van der Waals surface area contributed by atoms with Gasteiger partial charge in [-0.3, -0.25) is 24.5 Å². The van der Waals surface area contributed by atoms with Gasteiger partial charge in [0.15, 0.2) is 4.90 Å². The Bertz CT molecular complexity index is 1790. The summed E-state index contributed by atoms with van der Waals surface area (Å²) in [7, 11) is -4.20. The summed E-state index contributed by atoms with van der Waals surface area (Å²) in [6.07, 6.45) is 0.319. The van der Waals surface area contributed by atoms with E-state index >= 15 is 0 Å².